The fourth-order valence-corrected chi connectivity index (χ4v) is 3.67. The Bertz CT molecular complexity index is 1760. The summed E-state index contributed by atoms with van der Waals surface area (Å²) in [4.78, 5) is 41.2. The van der Waals surface area contributed by atoms with Crippen LogP contribution in [0.4, 0.5) is 11.4 Å². The van der Waals surface area contributed by atoms with Crippen molar-refractivity contribution < 1.29 is 45.7 Å². The fraction of sp³-hybridized carbons (Fsp3) is 0.0667. The zero-order valence-electron chi connectivity index (χ0n) is 22.2. The van der Waals surface area contributed by atoms with E-state index in [9.17, 15) is 9.59 Å². The van der Waals surface area contributed by atoms with Crippen molar-refractivity contribution in [3.8, 4) is 0 Å². The van der Waals surface area contributed by atoms with Gasteiger partial charge in [0.25, 0.3) is 0 Å². The van der Waals surface area contributed by atoms with E-state index in [0.717, 1.165) is 22.4 Å². The van der Waals surface area contributed by atoms with Crippen molar-refractivity contribution in [2.75, 3.05) is 0 Å². The van der Waals surface area contributed by atoms with E-state index in [1.165, 1.54) is 9.13 Å². The minimum absolute atomic E-state index is 0. The molecule has 13 heteroatoms. The summed E-state index contributed by atoms with van der Waals surface area (Å²) < 4.78 is 13.3. The molecule has 0 spiro atoms. The standard InChI is InChI=1S/2C14H11N2O2.C2H2O4.Fe/c2*17-14-16(10-15-11-6-2-1-3-7-11)12-8-4-5-9-13(12)18-14;3-1(4)2(5)6;/h2*1-9H,10H2;(H,3,4)(H,5,6);/q2*-1;;+4/p-2. The predicted molar refractivity (Wildman–Crippen MR) is 150 cm³/mol. The molecule has 12 nitrogen and oxygen atoms in total. The van der Waals surface area contributed by atoms with Crippen LogP contribution < -0.4 is 21.7 Å². The Balaban J connectivity index is 0.000000195. The van der Waals surface area contributed by atoms with Crippen LogP contribution in [0.2, 0.25) is 0 Å². The molecule has 6 rings (SSSR count). The molecule has 0 saturated heterocycles. The third-order valence-electron chi connectivity index (χ3n) is 5.62. The zero-order valence-corrected chi connectivity index (χ0v) is 23.3. The molecule has 0 N–H and O–H groups in total. The van der Waals surface area contributed by atoms with Crippen molar-refractivity contribution in [2.24, 2.45) is 0 Å². The number of rotatable bonds is 6. The molecule has 0 atom stereocenters. The normalized spacial score (nSPS) is 9.95. The number of carboxylic acid groups (broad SMARTS) is 2. The molecule has 0 saturated carbocycles. The summed E-state index contributed by atoms with van der Waals surface area (Å²) in [5.74, 6) is -5.13. The molecule has 4 aromatic carbocycles. The van der Waals surface area contributed by atoms with Gasteiger partial charge in [0, 0.05) is 0 Å². The summed E-state index contributed by atoms with van der Waals surface area (Å²) in [5.41, 5.74) is 4.39. The Hall–Kier alpha value is -5.52. The molecule has 0 aliphatic heterocycles. The maximum absolute atomic E-state index is 11.7. The van der Waals surface area contributed by atoms with E-state index in [2.05, 4.69) is 10.6 Å². The summed E-state index contributed by atoms with van der Waals surface area (Å²) >= 11 is 0. The molecule has 0 aliphatic rings. The molecular formula is C30H22FeN4O8. The van der Waals surface area contributed by atoms with E-state index in [1.807, 2.05) is 97.1 Å². The van der Waals surface area contributed by atoms with Gasteiger partial charge < -0.3 is 39.3 Å². The minimum atomic E-state index is -2.19. The second kappa shape index (κ2) is 15.5. The van der Waals surface area contributed by atoms with Crippen LogP contribution >= 0.6 is 0 Å². The Morgan fingerprint density at radius 1 is 0.558 bits per heavy atom. The number of nitrogens with zero attached hydrogens (tertiary/aromatic N) is 4. The van der Waals surface area contributed by atoms with Crippen LogP contribution in [0.5, 0.6) is 0 Å². The number of para-hydroxylation sites is 6. The number of carbonyl (C=O) groups is 2. The molecule has 43 heavy (non-hydrogen) atoms. The summed E-state index contributed by atoms with van der Waals surface area (Å²) in [6.07, 6.45) is 0. The molecule has 218 valence electrons. The second-order valence-electron chi connectivity index (χ2n) is 8.37. The summed E-state index contributed by atoms with van der Waals surface area (Å²) in [5, 5.41) is 26.6. The average Bonchev–Trinajstić information content (AvgIpc) is 3.51. The first-order chi connectivity index (χ1) is 20.3. The van der Waals surface area contributed by atoms with E-state index in [-0.39, 0.29) is 41.9 Å². The van der Waals surface area contributed by atoms with Crippen LogP contribution in [0, 0.1) is 0 Å². The van der Waals surface area contributed by atoms with Crippen molar-refractivity contribution >= 4 is 45.5 Å². The van der Waals surface area contributed by atoms with Gasteiger partial charge >= 0.3 is 28.6 Å². The average molecular weight is 622 g/mol. The van der Waals surface area contributed by atoms with Crippen molar-refractivity contribution in [1.82, 2.24) is 9.13 Å². The van der Waals surface area contributed by atoms with Gasteiger partial charge in [0.1, 0.15) is 0 Å². The molecule has 2 aromatic heterocycles. The van der Waals surface area contributed by atoms with Gasteiger partial charge in [-0.05, 0) is 37.6 Å². The van der Waals surface area contributed by atoms with Crippen molar-refractivity contribution in [1.29, 1.82) is 0 Å². The van der Waals surface area contributed by atoms with Gasteiger partial charge in [0.15, 0.2) is 11.2 Å². The van der Waals surface area contributed by atoms with E-state index in [1.54, 1.807) is 12.1 Å². The third kappa shape index (κ3) is 8.73. The van der Waals surface area contributed by atoms with Gasteiger partial charge in [-0.25, -0.2) is 9.59 Å². The molecule has 2 heterocycles. The molecule has 0 aliphatic carbocycles. The van der Waals surface area contributed by atoms with Crippen molar-refractivity contribution in [3.05, 3.63) is 141 Å². The number of aromatic nitrogens is 2. The van der Waals surface area contributed by atoms with Gasteiger partial charge in [-0.2, -0.15) is 0 Å². The van der Waals surface area contributed by atoms with Gasteiger partial charge in [-0.1, -0.05) is 84.9 Å². The number of benzene rings is 4. The number of hydrogen-bond acceptors (Lipinski definition) is 8. The minimum Gasteiger partial charge on any atom is -0.667 e. The number of carbonyl (C=O) groups excluding carboxylic acids is 2. The Morgan fingerprint density at radius 2 is 0.884 bits per heavy atom. The first kappa shape index (κ1) is 32.0. The molecule has 0 unspecified atom stereocenters. The number of aliphatic carboxylic acids is 2. The van der Waals surface area contributed by atoms with E-state index < -0.39 is 11.9 Å². The second-order valence-corrected chi connectivity index (χ2v) is 8.37. The summed E-state index contributed by atoms with van der Waals surface area (Å²) in [6, 6.07) is 33.7. The number of fused-ring (bicyclic) bond motifs is 2. The molecular weight excluding hydrogens is 600 g/mol. The quantitative estimate of drug-likeness (QED) is 0.201. The summed E-state index contributed by atoms with van der Waals surface area (Å²) in [6.45, 7) is 0.527. The molecule has 0 bridgehead atoms. The van der Waals surface area contributed by atoms with Crippen LogP contribution in [0.3, 0.4) is 0 Å². The largest absolute Gasteiger partial charge is 4.00 e. The zero-order chi connectivity index (χ0) is 29.9. The number of oxazole rings is 2. The maximum atomic E-state index is 11.7. The van der Waals surface area contributed by atoms with Crippen molar-refractivity contribution in [3.63, 3.8) is 0 Å². The van der Waals surface area contributed by atoms with E-state index in [0.29, 0.717) is 11.2 Å². The van der Waals surface area contributed by atoms with Crippen LogP contribution in [-0.2, 0) is 40.0 Å². The number of hydrogen-bond donors (Lipinski definition) is 0. The van der Waals surface area contributed by atoms with Crippen LogP contribution in [0.1, 0.15) is 0 Å². The van der Waals surface area contributed by atoms with Crippen LogP contribution in [0.25, 0.3) is 32.8 Å². The maximum Gasteiger partial charge on any atom is 4.00 e. The SMILES string of the molecule is O=C([O-])C(=O)[O-].O=c1oc2ccccc2n1C[N-]c1ccccc1.O=c1oc2ccccc2n1C[N-]c1ccccc1.[Fe+4]. The molecule has 0 amide bonds. The topological polar surface area (TPSA) is 179 Å². The Morgan fingerprint density at radius 3 is 1.23 bits per heavy atom. The van der Waals surface area contributed by atoms with Gasteiger partial charge in [-0.3, -0.25) is 9.13 Å². The predicted octanol–water partition coefficient (Wildman–Crippen LogP) is 3.00. The van der Waals surface area contributed by atoms with E-state index >= 15 is 0 Å². The van der Waals surface area contributed by atoms with Crippen LogP contribution in [0.15, 0.2) is 128 Å². The first-order valence-electron chi connectivity index (χ1n) is 12.4. The number of carboxylic acids is 2. The van der Waals surface area contributed by atoms with Gasteiger partial charge in [0.05, 0.1) is 23.0 Å². The molecule has 0 fully saturated rings. The molecule has 6 aromatic rings. The summed E-state index contributed by atoms with van der Waals surface area (Å²) in [7, 11) is 0. The van der Waals surface area contributed by atoms with Crippen molar-refractivity contribution in [2.45, 2.75) is 13.3 Å². The first-order valence-corrected chi connectivity index (χ1v) is 12.4. The monoisotopic (exact) mass is 622 g/mol. The smallest absolute Gasteiger partial charge is 0.667 e. The van der Waals surface area contributed by atoms with Gasteiger partial charge in [0.2, 0.25) is 0 Å². The Labute approximate surface area is 254 Å². The third-order valence-corrected chi connectivity index (χ3v) is 5.62. The Kier molecular flexibility index (Phi) is 11.5. The fourth-order valence-electron chi connectivity index (χ4n) is 3.67. The van der Waals surface area contributed by atoms with Gasteiger partial charge in [-0.15, -0.1) is 11.4 Å². The van der Waals surface area contributed by atoms with Crippen LogP contribution in [-0.4, -0.2) is 21.1 Å². The molecule has 0 radical (unpaired) electrons. The van der Waals surface area contributed by atoms with E-state index in [4.69, 9.17) is 28.6 Å².